The highest BCUT2D eigenvalue weighted by Gasteiger charge is 2.23. The largest absolute Gasteiger partial charge is 0.354 e. The van der Waals surface area contributed by atoms with Crippen molar-refractivity contribution in [1.82, 2.24) is 5.32 Å². The van der Waals surface area contributed by atoms with Crippen molar-refractivity contribution in [3.8, 4) is 0 Å². The van der Waals surface area contributed by atoms with Crippen molar-refractivity contribution in [2.75, 3.05) is 23.7 Å². The van der Waals surface area contributed by atoms with E-state index >= 15 is 0 Å². The fourth-order valence-electron chi connectivity index (χ4n) is 3.45. The molecule has 5 nitrogen and oxygen atoms in total. The van der Waals surface area contributed by atoms with Crippen molar-refractivity contribution < 1.29 is 13.2 Å². The molecular weight excluding hydrogens is 455 g/mol. The van der Waals surface area contributed by atoms with Crippen LogP contribution in [0.5, 0.6) is 0 Å². The van der Waals surface area contributed by atoms with Crippen molar-refractivity contribution in [2.24, 2.45) is 5.92 Å². The molecular formula is C23H24Cl2N2O3S. The van der Waals surface area contributed by atoms with Crippen molar-refractivity contribution >= 4 is 55.6 Å². The molecule has 0 saturated heterocycles. The molecule has 3 rings (SSSR count). The number of benzene rings is 3. The summed E-state index contributed by atoms with van der Waals surface area (Å²) in [6.45, 7) is 2.09. The van der Waals surface area contributed by atoms with Crippen LogP contribution in [-0.4, -0.2) is 33.7 Å². The van der Waals surface area contributed by atoms with E-state index in [1.54, 1.807) is 6.07 Å². The van der Waals surface area contributed by atoms with Gasteiger partial charge in [-0.3, -0.25) is 9.10 Å². The average molecular weight is 479 g/mol. The molecule has 1 N–H and O–H groups in total. The molecule has 31 heavy (non-hydrogen) atoms. The number of anilines is 1. The number of carbonyl (C=O) groups excluding carboxylic acids is 1. The van der Waals surface area contributed by atoms with Gasteiger partial charge in [-0.15, -0.1) is 0 Å². The Morgan fingerprint density at radius 3 is 2.52 bits per heavy atom. The summed E-state index contributed by atoms with van der Waals surface area (Å²) >= 11 is 12.1. The van der Waals surface area contributed by atoms with Crippen LogP contribution in [-0.2, 0) is 21.2 Å². The van der Waals surface area contributed by atoms with Crippen molar-refractivity contribution in [2.45, 2.75) is 13.3 Å². The number of amides is 1. The highest BCUT2D eigenvalue weighted by Crippen LogP contribution is 2.30. The highest BCUT2D eigenvalue weighted by atomic mass is 35.5. The Bertz CT molecular complexity index is 1190. The molecule has 3 aromatic rings. The molecule has 0 aromatic heterocycles. The summed E-state index contributed by atoms with van der Waals surface area (Å²) in [7, 11) is -3.73. The second-order valence-corrected chi connectivity index (χ2v) is 10.4. The number of carbonyl (C=O) groups is 1. The minimum absolute atomic E-state index is 0.163. The van der Waals surface area contributed by atoms with E-state index in [0.717, 1.165) is 17.0 Å². The third-order valence-corrected chi connectivity index (χ3v) is 6.64. The molecule has 0 aliphatic carbocycles. The lowest BCUT2D eigenvalue weighted by molar-refractivity contribution is -0.119. The molecule has 0 bridgehead atoms. The third kappa shape index (κ3) is 6.12. The lowest BCUT2D eigenvalue weighted by Gasteiger charge is -2.23. The summed E-state index contributed by atoms with van der Waals surface area (Å²) in [5.41, 5.74) is 1.39. The highest BCUT2D eigenvalue weighted by molar-refractivity contribution is 7.92. The van der Waals surface area contributed by atoms with Crippen LogP contribution in [0, 0.1) is 5.92 Å². The van der Waals surface area contributed by atoms with E-state index in [0.29, 0.717) is 11.6 Å². The first-order valence-corrected chi connectivity index (χ1v) is 12.4. The van der Waals surface area contributed by atoms with Gasteiger partial charge in [-0.2, -0.15) is 0 Å². The molecule has 1 amide bonds. The molecule has 3 aromatic carbocycles. The zero-order valence-electron chi connectivity index (χ0n) is 17.3. The van der Waals surface area contributed by atoms with E-state index in [1.165, 1.54) is 28.5 Å². The van der Waals surface area contributed by atoms with Crippen LogP contribution in [0.15, 0.2) is 60.7 Å². The van der Waals surface area contributed by atoms with E-state index in [4.69, 9.17) is 23.2 Å². The molecule has 0 radical (unpaired) electrons. The van der Waals surface area contributed by atoms with E-state index in [-0.39, 0.29) is 23.2 Å². The maximum atomic E-state index is 12.5. The van der Waals surface area contributed by atoms with Gasteiger partial charge in [0.15, 0.2) is 0 Å². The van der Waals surface area contributed by atoms with Gasteiger partial charge in [0.25, 0.3) is 0 Å². The Kier molecular flexibility index (Phi) is 7.46. The Labute approximate surface area is 193 Å². The summed E-state index contributed by atoms with van der Waals surface area (Å²) in [4.78, 5) is 12.5. The number of nitrogens with zero attached hydrogens (tertiary/aromatic N) is 1. The molecule has 0 aliphatic heterocycles. The van der Waals surface area contributed by atoms with Gasteiger partial charge in [0, 0.05) is 11.6 Å². The van der Waals surface area contributed by atoms with Crippen molar-refractivity contribution in [3.05, 3.63) is 76.3 Å². The number of fused-ring (bicyclic) bond motifs is 1. The normalized spacial score (nSPS) is 12.5. The van der Waals surface area contributed by atoms with Gasteiger partial charge in [-0.1, -0.05) is 72.6 Å². The van der Waals surface area contributed by atoms with E-state index in [1.807, 2.05) is 25.1 Å². The van der Waals surface area contributed by atoms with Crippen LogP contribution in [0.2, 0.25) is 10.0 Å². The average Bonchev–Trinajstić information content (AvgIpc) is 2.72. The van der Waals surface area contributed by atoms with Gasteiger partial charge in [0.2, 0.25) is 15.9 Å². The molecule has 0 aliphatic rings. The first-order chi connectivity index (χ1) is 14.6. The van der Waals surface area contributed by atoms with Gasteiger partial charge in [0.05, 0.1) is 17.0 Å². The van der Waals surface area contributed by atoms with Crippen molar-refractivity contribution in [3.63, 3.8) is 0 Å². The molecule has 1 atom stereocenters. The fourth-order valence-corrected chi connectivity index (χ4v) is 4.75. The van der Waals surface area contributed by atoms with Crippen LogP contribution in [0.25, 0.3) is 10.8 Å². The van der Waals surface area contributed by atoms with Gasteiger partial charge in [-0.25, -0.2) is 8.42 Å². The van der Waals surface area contributed by atoms with Gasteiger partial charge in [-0.05, 0) is 46.9 Å². The molecule has 0 saturated carbocycles. The second kappa shape index (κ2) is 9.90. The molecule has 164 valence electrons. The van der Waals surface area contributed by atoms with E-state index in [9.17, 15) is 13.2 Å². The summed E-state index contributed by atoms with van der Waals surface area (Å²) in [5, 5.41) is 5.74. The number of halogens is 2. The lowest BCUT2D eigenvalue weighted by atomic mass is 9.96. The SMILES string of the molecule is CC(CNC(=O)CN(c1cc(Cl)ccc1Cl)S(C)(=O)=O)Cc1cccc2ccccc12. The van der Waals surface area contributed by atoms with E-state index in [2.05, 4.69) is 29.6 Å². The fraction of sp³-hybridized carbons (Fsp3) is 0.261. The Hall–Kier alpha value is -2.28. The standard InChI is InChI=1S/C23H24Cl2N2O3S/c1-16(12-18-8-5-7-17-6-3-4-9-20(17)18)14-26-23(28)15-27(31(2,29)30)22-13-19(24)10-11-21(22)25/h3-11,13,16H,12,14-15H2,1-2H3,(H,26,28). The molecule has 0 spiro atoms. The molecule has 0 heterocycles. The van der Waals surface area contributed by atoms with Crippen LogP contribution in [0.3, 0.4) is 0 Å². The Morgan fingerprint density at radius 1 is 1.06 bits per heavy atom. The second-order valence-electron chi connectivity index (χ2n) is 7.62. The smallest absolute Gasteiger partial charge is 0.240 e. The van der Waals surface area contributed by atoms with Crippen molar-refractivity contribution in [1.29, 1.82) is 0 Å². The molecule has 1 unspecified atom stereocenters. The number of hydrogen-bond donors (Lipinski definition) is 1. The topological polar surface area (TPSA) is 66.5 Å². The minimum Gasteiger partial charge on any atom is -0.354 e. The zero-order chi connectivity index (χ0) is 22.6. The Morgan fingerprint density at radius 2 is 1.77 bits per heavy atom. The van der Waals surface area contributed by atoms with Crippen LogP contribution >= 0.6 is 23.2 Å². The number of hydrogen-bond acceptors (Lipinski definition) is 3. The van der Waals surface area contributed by atoms with Crippen LogP contribution < -0.4 is 9.62 Å². The lowest BCUT2D eigenvalue weighted by Crippen LogP contribution is -2.41. The zero-order valence-corrected chi connectivity index (χ0v) is 19.6. The predicted molar refractivity (Wildman–Crippen MR) is 128 cm³/mol. The first-order valence-electron chi connectivity index (χ1n) is 9.81. The monoisotopic (exact) mass is 478 g/mol. The van der Waals surface area contributed by atoms with Gasteiger partial charge in [0.1, 0.15) is 6.54 Å². The van der Waals surface area contributed by atoms with Gasteiger partial charge < -0.3 is 5.32 Å². The number of sulfonamides is 1. The predicted octanol–water partition coefficient (Wildman–Crippen LogP) is 4.91. The third-order valence-electron chi connectivity index (χ3n) is 4.96. The van der Waals surface area contributed by atoms with Gasteiger partial charge >= 0.3 is 0 Å². The summed E-state index contributed by atoms with van der Waals surface area (Å²) in [6, 6.07) is 18.9. The van der Waals surface area contributed by atoms with Crippen LogP contribution in [0.1, 0.15) is 12.5 Å². The minimum atomic E-state index is -3.73. The summed E-state index contributed by atoms with van der Waals surface area (Å²) in [6.07, 6.45) is 1.82. The molecule has 8 heteroatoms. The number of rotatable bonds is 8. The maximum Gasteiger partial charge on any atom is 0.240 e. The quantitative estimate of drug-likeness (QED) is 0.500. The van der Waals surface area contributed by atoms with Crippen LogP contribution in [0.4, 0.5) is 5.69 Å². The summed E-state index contributed by atoms with van der Waals surface area (Å²) in [5.74, 6) is -0.248. The maximum absolute atomic E-state index is 12.5. The number of nitrogens with one attached hydrogen (secondary N) is 1. The first kappa shape index (κ1) is 23.4. The molecule has 0 fully saturated rings. The summed E-state index contributed by atoms with van der Waals surface area (Å²) < 4.78 is 25.5. The van der Waals surface area contributed by atoms with E-state index < -0.39 is 15.9 Å². The Balaban J connectivity index is 1.65.